The smallest absolute Gasteiger partial charge is 0.326 e. The number of primary amides is 1. The molecule has 0 fully saturated rings. The molecular weight excluding hydrogens is 450 g/mol. The number of carboxylic acid groups (broad SMARTS) is 1. The van der Waals surface area contributed by atoms with Gasteiger partial charge in [-0.1, -0.05) is 0 Å². The van der Waals surface area contributed by atoms with E-state index in [0.29, 0.717) is 5.75 Å². The number of carbonyl (C=O) groups is 5. The van der Waals surface area contributed by atoms with Gasteiger partial charge in [-0.25, -0.2) is 4.79 Å². The lowest BCUT2D eigenvalue weighted by Crippen LogP contribution is -2.60. The molecule has 0 bridgehead atoms. The first-order valence-electron chi connectivity index (χ1n) is 9.40. The molecule has 31 heavy (non-hydrogen) atoms. The van der Waals surface area contributed by atoms with E-state index < -0.39 is 59.9 Å². The van der Waals surface area contributed by atoms with Crippen LogP contribution < -0.4 is 27.4 Å². The average Bonchev–Trinajstić information content (AvgIpc) is 2.70. The number of rotatable bonds is 15. The summed E-state index contributed by atoms with van der Waals surface area (Å²) >= 11 is 5.42. The number of aliphatic hydroxyl groups is 1. The Morgan fingerprint density at radius 2 is 1.58 bits per heavy atom. The number of nitrogens with one attached hydrogen (secondary N) is 3. The number of aliphatic hydroxyl groups excluding tert-OH is 1. The van der Waals surface area contributed by atoms with Gasteiger partial charge in [0.2, 0.25) is 23.6 Å². The summed E-state index contributed by atoms with van der Waals surface area (Å²) in [6.45, 7) is 1.25. The van der Waals surface area contributed by atoms with Crippen LogP contribution >= 0.6 is 24.4 Å². The fourth-order valence-corrected chi connectivity index (χ4v) is 3.04. The fraction of sp³-hybridized carbons (Fsp3) is 0.706. The number of aliphatic carboxylic acids is 1. The molecule has 5 atom stereocenters. The number of hydrogen-bond acceptors (Lipinski definition) is 9. The van der Waals surface area contributed by atoms with Gasteiger partial charge >= 0.3 is 5.97 Å². The van der Waals surface area contributed by atoms with Crippen molar-refractivity contribution < 1.29 is 34.2 Å². The Morgan fingerprint density at radius 3 is 2.03 bits per heavy atom. The van der Waals surface area contributed by atoms with Crippen LogP contribution in [-0.2, 0) is 24.0 Å². The van der Waals surface area contributed by atoms with E-state index in [1.165, 1.54) is 18.7 Å². The second-order valence-electron chi connectivity index (χ2n) is 6.76. The predicted molar refractivity (Wildman–Crippen MR) is 118 cm³/mol. The van der Waals surface area contributed by atoms with Crippen molar-refractivity contribution >= 4 is 54.0 Å². The van der Waals surface area contributed by atoms with Gasteiger partial charge in [-0.2, -0.15) is 24.4 Å². The van der Waals surface area contributed by atoms with E-state index in [9.17, 15) is 34.2 Å². The molecule has 5 unspecified atom stereocenters. The minimum absolute atomic E-state index is 0.0520. The molecule has 0 aliphatic rings. The highest BCUT2D eigenvalue weighted by molar-refractivity contribution is 7.98. The Labute approximate surface area is 190 Å². The summed E-state index contributed by atoms with van der Waals surface area (Å²) in [5.41, 5.74) is 10.6. The van der Waals surface area contributed by atoms with Gasteiger partial charge in [0.25, 0.3) is 0 Å². The number of hydrogen-bond donors (Lipinski definition) is 8. The van der Waals surface area contributed by atoms with E-state index in [4.69, 9.17) is 11.5 Å². The highest BCUT2D eigenvalue weighted by Gasteiger charge is 2.31. The van der Waals surface area contributed by atoms with Gasteiger partial charge in [-0.05, 0) is 31.8 Å². The van der Waals surface area contributed by atoms with Crippen molar-refractivity contribution in [1.29, 1.82) is 0 Å². The standard InChI is InChI=1S/C17H31N5O7S2/c1-8(23)13(22-14(25)9(18)3-4-12(19)24)16(27)21-11(7-30)15(26)20-10(17(28)29)5-6-31-2/h8-11,13,23,30H,3-7,18H2,1-2H3,(H2,19,24)(H,20,26)(H,21,27)(H,22,25)(H,28,29). The SMILES string of the molecule is CSCCC(NC(=O)C(CS)NC(=O)C(NC(=O)C(N)CCC(N)=O)C(C)O)C(=O)O. The van der Waals surface area contributed by atoms with Crippen LogP contribution in [0.3, 0.4) is 0 Å². The third-order valence-corrected chi connectivity index (χ3v) is 5.15. The number of thiol groups is 1. The normalized spacial score (nSPS) is 15.6. The van der Waals surface area contributed by atoms with E-state index in [1.54, 1.807) is 6.26 Å². The van der Waals surface area contributed by atoms with Crippen molar-refractivity contribution in [1.82, 2.24) is 16.0 Å². The second kappa shape index (κ2) is 14.9. The zero-order valence-electron chi connectivity index (χ0n) is 17.4. The molecular formula is C17H31N5O7S2. The number of thioether (sulfide) groups is 1. The lowest BCUT2D eigenvalue weighted by Gasteiger charge is -2.25. The third kappa shape index (κ3) is 11.2. The maximum atomic E-state index is 12.5. The molecule has 4 amide bonds. The molecule has 0 spiro atoms. The molecule has 14 heteroatoms. The van der Waals surface area contributed by atoms with Crippen LogP contribution in [0.25, 0.3) is 0 Å². The molecule has 0 rings (SSSR count). The molecule has 0 aromatic rings. The Kier molecular flexibility index (Phi) is 13.9. The first kappa shape index (κ1) is 29.0. The molecule has 178 valence electrons. The summed E-state index contributed by atoms with van der Waals surface area (Å²) < 4.78 is 0. The lowest BCUT2D eigenvalue weighted by atomic mass is 10.1. The maximum absolute atomic E-state index is 12.5. The van der Waals surface area contributed by atoms with Crippen LogP contribution in [-0.4, -0.2) is 87.8 Å². The van der Waals surface area contributed by atoms with E-state index in [0.717, 1.165) is 0 Å². The molecule has 0 aliphatic carbocycles. The summed E-state index contributed by atoms with van der Waals surface area (Å²) in [5.74, 6) is -3.98. The highest BCUT2D eigenvalue weighted by Crippen LogP contribution is 2.03. The van der Waals surface area contributed by atoms with E-state index >= 15 is 0 Å². The van der Waals surface area contributed by atoms with Crippen LogP contribution in [0.15, 0.2) is 0 Å². The van der Waals surface area contributed by atoms with Crippen molar-refractivity contribution in [2.24, 2.45) is 11.5 Å². The van der Waals surface area contributed by atoms with Crippen LogP contribution in [0.4, 0.5) is 0 Å². The van der Waals surface area contributed by atoms with Gasteiger partial charge in [0.1, 0.15) is 18.1 Å². The number of carbonyl (C=O) groups excluding carboxylic acids is 4. The summed E-state index contributed by atoms with van der Waals surface area (Å²) in [6, 6.07) is -4.95. The molecule has 0 heterocycles. The lowest BCUT2D eigenvalue weighted by molar-refractivity contribution is -0.142. The molecule has 0 saturated carbocycles. The minimum Gasteiger partial charge on any atom is -0.480 e. The zero-order chi connectivity index (χ0) is 24.1. The largest absolute Gasteiger partial charge is 0.480 e. The average molecular weight is 482 g/mol. The van der Waals surface area contributed by atoms with E-state index in [1.807, 2.05) is 0 Å². The maximum Gasteiger partial charge on any atom is 0.326 e. The summed E-state index contributed by atoms with van der Waals surface area (Å²) in [4.78, 5) is 59.2. The number of amides is 4. The summed E-state index contributed by atoms with van der Waals surface area (Å²) in [7, 11) is 0. The van der Waals surface area contributed by atoms with Crippen molar-refractivity contribution in [3.05, 3.63) is 0 Å². The van der Waals surface area contributed by atoms with E-state index in [2.05, 4.69) is 28.6 Å². The van der Waals surface area contributed by atoms with Gasteiger partial charge in [0.15, 0.2) is 0 Å². The zero-order valence-corrected chi connectivity index (χ0v) is 19.1. The molecule has 9 N–H and O–H groups in total. The quantitative estimate of drug-likeness (QED) is 0.113. The van der Waals surface area contributed by atoms with E-state index in [-0.39, 0.29) is 25.0 Å². The number of nitrogens with two attached hydrogens (primary N) is 2. The van der Waals surface area contributed by atoms with Crippen molar-refractivity contribution in [3.63, 3.8) is 0 Å². The van der Waals surface area contributed by atoms with Gasteiger partial charge in [-0.3, -0.25) is 19.2 Å². The topological polar surface area (TPSA) is 214 Å². The molecule has 0 saturated heterocycles. The van der Waals surface area contributed by atoms with Crippen molar-refractivity contribution in [3.8, 4) is 0 Å². The Morgan fingerprint density at radius 1 is 1.00 bits per heavy atom. The molecule has 0 aromatic heterocycles. The Balaban J connectivity index is 5.09. The fourth-order valence-electron chi connectivity index (χ4n) is 2.32. The minimum atomic E-state index is -1.45. The Hall–Kier alpha value is -2.03. The van der Waals surface area contributed by atoms with Gasteiger partial charge in [0.05, 0.1) is 12.1 Å². The second-order valence-corrected chi connectivity index (χ2v) is 8.11. The van der Waals surface area contributed by atoms with Crippen LogP contribution in [0.2, 0.25) is 0 Å². The van der Waals surface area contributed by atoms with Crippen LogP contribution in [0.1, 0.15) is 26.2 Å². The summed E-state index contributed by atoms with van der Waals surface area (Å²) in [5, 5.41) is 26.0. The van der Waals surface area contributed by atoms with Gasteiger partial charge in [-0.15, -0.1) is 0 Å². The first-order chi connectivity index (χ1) is 14.4. The Bertz CT molecular complexity index is 650. The monoisotopic (exact) mass is 481 g/mol. The molecule has 0 aliphatic heterocycles. The highest BCUT2D eigenvalue weighted by atomic mass is 32.2. The van der Waals surface area contributed by atoms with Crippen molar-refractivity contribution in [2.45, 2.75) is 56.5 Å². The van der Waals surface area contributed by atoms with Crippen molar-refractivity contribution in [2.75, 3.05) is 17.8 Å². The van der Waals surface area contributed by atoms with Gasteiger partial charge in [0, 0.05) is 12.2 Å². The van der Waals surface area contributed by atoms with Crippen LogP contribution in [0.5, 0.6) is 0 Å². The third-order valence-electron chi connectivity index (χ3n) is 4.14. The molecule has 12 nitrogen and oxygen atoms in total. The summed E-state index contributed by atoms with van der Waals surface area (Å²) in [6.07, 6.45) is 0.448. The molecule has 0 aromatic carbocycles. The number of carboxylic acids is 1. The first-order valence-corrected chi connectivity index (χ1v) is 11.4. The predicted octanol–water partition coefficient (Wildman–Crippen LogP) is -2.82. The van der Waals surface area contributed by atoms with Crippen LogP contribution in [0, 0.1) is 0 Å². The molecule has 0 radical (unpaired) electrons. The van der Waals surface area contributed by atoms with Gasteiger partial charge < -0.3 is 37.6 Å².